The normalized spacial score (nSPS) is 14.2. The van der Waals surface area contributed by atoms with Crippen LogP contribution in [0.1, 0.15) is 50.8 Å². The smallest absolute Gasteiger partial charge is 0.338 e. The lowest BCUT2D eigenvalue weighted by atomic mass is 9.99. The van der Waals surface area contributed by atoms with Crippen LogP contribution in [0.15, 0.2) is 36.4 Å². The average molecular weight is 351 g/mol. The van der Waals surface area contributed by atoms with Gasteiger partial charge in [-0.05, 0) is 62.6 Å². The molecule has 0 saturated carbocycles. The molecule has 2 aromatic carbocycles. The van der Waals surface area contributed by atoms with Crippen molar-refractivity contribution in [1.82, 2.24) is 0 Å². The highest BCUT2D eigenvalue weighted by atomic mass is 16.5. The van der Waals surface area contributed by atoms with E-state index in [0.717, 1.165) is 22.4 Å². The number of ketones is 1. The zero-order chi connectivity index (χ0) is 18.8. The zero-order valence-corrected chi connectivity index (χ0v) is 15.1. The first-order chi connectivity index (χ1) is 12.3. The molecule has 5 heteroatoms. The first-order valence-corrected chi connectivity index (χ1v) is 8.60. The summed E-state index contributed by atoms with van der Waals surface area (Å²) in [5.74, 6) is -0.791. The summed E-state index contributed by atoms with van der Waals surface area (Å²) in [4.78, 5) is 36.5. The Morgan fingerprint density at radius 1 is 1.08 bits per heavy atom. The van der Waals surface area contributed by atoms with Crippen molar-refractivity contribution in [1.29, 1.82) is 0 Å². The number of ether oxygens (including phenoxy) is 1. The van der Waals surface area contributed by atoms with Gasteiger partial charge in [-0.2, -0.15) is 0 Å². The summed E-state index contributed by atoms with van der Waals surface area (Å²) in [6, 6.07) is 10.6. The molecule has 1 N–H and O–H groups in total. The van der Waals surface area contributed by atoms with Crippen molar-refractivity contribution in [3.05, 3.63) is 64.2 Å². The van der Waals surface area contributed by atoms with Crippen molar-refractivity contribution >= 4 is 23.3 Å². The first kappa shape index (κ1) is 17.9. The van der Waals surface area contributed by atoms with Crippen molar-refractivity contribution in [2.24, 2.45) is 0 Å². The van der Waals surface area contributed by atoms with Gasteiger partial charge in [0.1, 0.15) is 0 Å². The zero-order valence-electron chi connectivity index (χ0n) is 15.1. The second kappa shape index (κ2) is 7.12. The van der Waals surface area contributed by atoms with Crippen LogP contribution >= 0.6 is 0 Å². The van der Waals surface area contributed by atoms with Gasteiger partial charge in [-0.3, -0.25) is 9.59 Å². The predicted octanol–water partition coefficient (Wildman–Crippen LogP) is 3.62. The van der Waals surface area contributed by atoms with E-state index in [1.165, 1.54) is 0 Å². The number of rotatable bonds is 4. The molecule has 0 saturated heterocycles. The molecular formula is C21H21NO4. The number of aryl methyl sites for hydroxylation is 3. The minimum atomic E-state index is -0.876. The van der Waals surface area contributed by atoms with Gasteiger partial charge in [0.2, 0.25) is 11.7 Å². The molecule has 0 fully saturated rings. The number of fused-ring (bicyclic) bond motifs is 1. The number of amides is 1. The van der Waals surface area contributed by atoms with E-state index in [2.05, 4.69) is 5.32 Å². The van der Waals surface area contributed by atoms with E-state index in [4.69, 9.17) is 4.74 Å². The number of hydrogen-bond donors (Lipinski definition) is 1. The molecular weight excluding hydrogens is 330 g/mol. The van der Waals surface area contributed by atoms with Gasteiger partial charge < -0.3 is 10.1 Å². The number of carbonyl (C=O) groups is 3. The van der Waals surface area contributed by atoms with E-state index >= 15 is 0 Å². The van der Waals surface area contributed by atoms with Crippen LogP contribution in [-0.4, -0.2) is 23.8 Å². The predicted molar refractivity (Wildman–Crippen MR) is 98.5 cm³/mol. The van der Waals surface area contributed by atoms with Gasteiger partial charge >= 0.3 is 5.97 Å². The van der Waals surface area contributed by atoms with Crippen LogP contribution < -0.4 is 5.32 Å². The maximum atomic E-state index is 12.6. The highest BCUT2D eigenvalue weighted by molar-refractivity contribution is 6.02. The summed E-state index contributed by atoms with van der Waals surface area (Å²) >= 11 is 0. The van der Waals surface area contributed by atoms with Crippen LogP contribution in [0.25, 0.3) is 0 Å². The third-order valence-electron chi connectivity index (χ3n) is 4.55. The molecule has 0 bridgehead atoms. The number of carbonyl (C=O) groups excluding carboxylic acids is 3. The highest BCUT2D eigenvalue weighted by Gasteiger charge is 2.23. The number of nitrogens with one attached hydrogen (secondary N) is 1. The first-order valence-electron chi connectivity index (χ1n) is 8.60. The quantitative estimate of drug-likeness (QED) is 0.674. The summed E-state index contributed by atoms with van der Waals surface area (Å²) in [6.45, 7) is 5.36. The maximum Gasteiger partial charge on any atom is 0.338 e. The molecule has 3 rings (SSSR count). The highest BCUT2D eigenvalue weighted by Crippen LogP contribution is 2.24. The van der Waals surface area contributed by atoms with Gasteiger partial charge in [-0.25, -0.2) is 4.79 Å². The summed E-state index contributed by atoms with van der Waals surface area (Å²) in [5, 5.41) is 2.77. The lowest BCUT2D eigenvalue weighted by Crippen LogP contribution is -2.25. The fourth-order valence-electron chi connectivity index (χ4n) is 3.01. The molecule has 0 aromatic heterocycles. The van der Waals surface area contributed by atoms with Crippen LogP contribution in [0.3, 0.4) is 0 Å². The third kappa shape index (κ3) is 3.67. The van der Waals surface area contributed by atoms with E-state index in [9.17, 15) is 14.4 Å². The minimum absolute atomic E-state index is 0.0273. The maximum absolute atomic E-state index is 12.6. The topological polar surface area (TPSA) is 72.5 Å². The lowest BCUT2D eigenvalue weighted by Gasteiger charge is -2.18. The van der Waals surface area contributed by atoms with Gasteiger partial charge in [-0.1, -0.05) is 17.7 Å². The number of anilines is 1. The molecule has 1 heterocycles. The van der Waals surface area contributed by atoms with Crippen LogP contribution in [-0.2, 0) is 16.0 Å². The summed E-state index contributed by atoms with van der Waals surface area (Å²) in [5.41, 5.74) is 4.39. The van der Waals surface area contributed by atoms with Gasteiger partial charge in [0.25, 0.3) is 0 Å². The van der Waals surface area contributed by atoms with Crippen LogP contribution in [0.2, 0.25) is 0 Å². The Morgan fingerprint density at radius 2 is 1.85 bits per heavy atom. The Morgan fingerprint density at radius 3 is 2.62 bits per heavy atom. The van der Waals surface area contributed by atoms with Crippen molar-refractivity contribution in [2.75, 3.05) is 5.32 Å². The van der Waals surface area contributed by atoms with E-state index in [-0.39, 0.29) is 11.7 Å². The SMILES string of the molecule is Cc1ccc(C)c(C(=O)C(C)OC(=O)c2ccc3c(c2)CCC(=O)N3)c1. The fourth-order valence-corrected chi connectivity index (χ4v) is 3.01. The van der Waals surface area contributed by atoms with E-state index in [1.54, 1.807) is 25.1 Å². The van der Waals surface area contributed by atoms with Crippen molar-refractivity contribution in [2.45, 2.75) is 39.7 Å². The lowest BCUT2D eigenvalue weighted by molar-refractivity contribution is -0.116. The molecule has 2 aromatic rings. The van der Waals surface area contributed by atoms with Crippen LogP contribution in [0.4, 0.5) is 5.69 Å². The van der Waals surface area contributed by atoms with Crippen molar-refractivity contribution in [3.63, 3.8) is 0 Å². The van der Waals surface area contributed by atoms with Crippen LogP contribution in [0, 0.1) is 13.8 Å². The molecule has 1 amide bonds. The fraction of sp³-hybridized carbons (Fsp3) is 0.286. The Kier molecular flexibility index (Phi) is 4.89. The molecule has 0 spiro atoms. The molecule has 1 atom stereocenters. The average Bonchev–Trinajstić information content (AvgIpc) is 2.62. The Labute approximate surface area is 152 Å². The van der Waals surface area contributed by atoms with Gasteiger partial charge in [0.05, 0.1) is 5.56 Å². The van der Waals surface area contributed by atoms with E-state index in [0.29, 0.717) is 24.0 Å². The summed E-state index contributed by atoms with van der Waals surface area (Å²) in [6.07, 6.45) is 0.102. The summed E-state index contributed by atoms with van der Waals surface area (Å²) in [7, 11) is 0. The number of hydrogen-bond acceptors (Lipinski definition) is 4. The number of benzene rings is 2. The molecule has 1 unspecified atom stereocenters. The molecule has 1 aliphatic heterocycles. The van der Waals surface area contributed by atoms with Gasteiger partial charge in [0.15, 0.2) is 6.10 Å². The van der Waals surface area contributed by atoms with Gasteiger partial charge in [0, 0.05) is 17.7 Å². The Hall–Kier alpha value is -2.95. The molecule has 134 valence electrons. The van der Waals surface area contributed by atoms with Crippen LogP contribution in [0.5, 0.6) is 0 Å². The Balaban J connectivity index is 1.74. The van der Waals surface area contributed by atoms with E-state index < -0.39 is 12.1 Å². The molecule has 0 radical (unpaired) electrons. The van der Waals surface area contributed by atoms with Crippen molar-refractivity contribution < 1.29 is 19.1 Å². The second-order valence-corrected chi connectivity index (χ2v) is 6.65. The second-order valence-electron chi connectivity index (χ2n) is 6.65. The van der Waals surface area contributed by atoms with Gasteiger partial charge in [-0.15, -0.1) is 0 Å². The molecule has 1 aliphatic rings. The molecule has 5 nitrogen and oxygen atoms in total. The third-order valence-corrected chi connectivity index (χ3v) is 4.55. The minimum Gasteiger partial charge on any atom is -0.451 e. The summed E-state index contributed by atoms with van der Waals surface area (Å²) < 4.78 is 5.38. The largest absolute Gasteiger partial charge is 0.451 e. The number of esters is 1. The molecule has 0 aliphatic carbocycles. The monoisotopic (exact) mass is 351 g/mol. The molecule has 26 heavy (non-hydrogen) atoms. The van der Waals surface area contributed by atoms with E-state index in [1.807, 2.05) is 32.0 Å². The Bertz CT molecular complexity index is 901. The standard InChI is InChI=1S/C21H21NO4/c1-12-4-5-13(2)17(10-12)20(24)14(3)26-21(25)16-6-8-18-15(11-16)7-9-19(23)22-18/h4-6,8,10-11,14H,7,9H2,1-3H3,(H,22,23). The number of Topliss-reactive ketones (excluding diaryl/α,β-unsaturated/α-hetero) is 1. The van der Waals surface area contributed by atoms with Crippen molar-refractivity contribution in [3.8, 4) is 0 Å².